The predicted molar refractivity (Wildman–Crippen MR) is 124 cm³/mol. The summed E-state index contributed by atoms with van der Waals surface area (Å²) in [6.07, 6.45) is 3.91. The predicted octanol–water partition coefficient (Wildman–Crippen LogP) is 7.26. The summed E-state index contributed by atoms with van der Waals surface area (Å²) >= 11 is 0. The number of alkyl halides is 3. The summed E-state index contributed by atoms with van der Waals surface area (Å²) in [6, 6.07) is 4.48. The van der Waals surface area contributed by atoms with Crippen molar-refractivity contribution in [2.24, 2.45) is 5.41 Å². The highest BCUT2D eigenvalue weighted by atomic mass is 19.4. The highest BCUT2D eigenvalue weighted by Gasteiger charge is 2.46. The van der Waals surface area contributed by atoms with E-state index in [0.29, 0.717) is 17.7 Å². The first-order valence-corrected chi connectivity index (χ1v) is 12.6. The minimum atomic E-state index is -4.45. The number of pyridine rings is 1. The Balaban J connectivity index is 1.68. The van der Waals surface area contributed by atoms with Crippen LogP contribution in [-0.2, 0) is 12.6 Å². The van der Waals surface area contributed by atoms with Crippen LogP contribution < -0.4 is 0 Å². The highest BCUT2D eigenvalue weighted by Crippen LogP contribution is 2.55. The molecule has 1 heterocycles. The average Bonchev–Trinajstić information content (AvgIpc) is 3.30. The fraction of sp³-hybridized carbons (Fsp3) is 0.571. The molecule has 1 aromatic carbocycles. The molecule has 3 nitrogen and oxygen atoms in total. The number of rotatable bonds is 4. The largest absolute Gasteiger partial charge is 0.416 e. The molecule has 6 heteroatoms. The number of hydrogen-bond acceptors (Lipinski definition) is 3. The Hall–Kier alpha value is -2.21. The maximum Gasteiger partial charge on any atom is 0.416 e. The Morgan fingerprint density at radius 2 is 1.71 bits per heavy atom. The zero-order valence-electron chi connectivity index (χ0n) is 19.8. The molecule has 1 N–H and O–H groups in total. The Morgan fingerprint density at radius 1 is 1.06 bits per heavy atom. The van der Waals surface area contributed by atoms with Crippen LogP contribution in [0.1, 0.15) is 127 Å². The van der Waals surface area contributed by atoms with Crippen LogP contribution in [0.15, 0.2) is 24.3 Å². The molecule has 2 fully saturated rings. The average molecular weight is 472 g/mol. The maximum atomic E-state index is 13.9. The quantitative estimate of drug-likeness (QED) is 0.477. The smallest absolute Gasteiger partial charge is 0.388 e. The Bertz CT molecular complexity index is 1090. The standard InChI is InChI=1S/C28H32F3NO2/c1-16(2)25-24(26(34)18-8-10-19(11-9-18)28(29,30)31)22(17-6-3-4-7-17)23-20(32-25)14-27(12-5-13-27)15-21(23)33/h8-11,16-17,21,33H,3-7,12-15H2,1-2H3. The van der Waals surface area contributed by atoms with E-state index < -0.39 is 17.8 Å². The van der Waals surface area contributed by atoms with Crippen molar-refractivity contribution in [3.63, 3.8) is 0 Å². The van der Waals surface area contributed by atoms with Gasteiger partial charge in [0.25, 0.3) is 0 Å². The molecule has 5 rings (SSSR count). The van der Waals surface area contributed by atoms with Crippen molar-refractivity contribution >= 4 is 5.78 Å². The molecule has 0 saturated heterocycles. The van der Waals surface area contributed by atoms with E-state index in [0.717, 1.165) is 73.9 Å². The summed E-state index contributed by atoms with van der Waals surface area (Å²) in [4.78, 5) is 18.9. The summed E-state index contributed by atoms with van der Waals surface area (Å²) in [5.74, 6) is -0.131. The van der Waals surface area contributed by atoms with E-state index in [2.05, 4.69) is 0 Å². The van der Waals surface area contributed by atoms with E-state index in [-0.39, 0.29) is 28.6 Å². The van der Waals surface area contributed by atoms with Gasteiger partial charge in [-0.1, -0.05) is 45.2 Å². The molecule has 1 unspecified atom stereocenters. The molecule has 3 aliphatic rings. The van der Waals surface area contributed by atoms with Crippen LogP contribution >= 0.6 is 0 Å². The van der Waals surface area contributed by atoms with Crippen molar-refractivity contribution in [1.82, 2.24) is 4.98 Å². The number of hydrogen-bond donors (Lipinski definition) is 1. The highest BCUT2D eigenvalue weighted by molar-refractivity contribution is 6.11. The maximum absolute atomic E-state index is 13.9. The van der Waals surface area contributed by atoms with Gasteiger partial charge in [-0.3, -0.25) is 9.78 Å². The molecule has 0 bridgehead atoms. The molecule has 0 amide bonds. The molecule has 1 spiro atoms. The van der Waals surface area contributed by atoms with Crippen molar-refractivity contribution in [3.8, 4) is 0 Å². The first kappa shape index (κ1) is 23.5. The number of fused-ring (bicyclic) bond motifs is 1. The van der Waals surface area contributed by atoms with Crippen LogP contribution in [-0.4, -0.2) is 15.9 Å². The van der Waals surface area contributed by atoms with Gasteiger partial charge in [0.2, 0.25) is 0 Å². The number of carbonyl (C=O) groups excluding carboxylic acids is 1. The summed E-state index contributed by atoms with van der Waals surface area (Å²) in [5, 5.41) is 11.4. The number of benzene rings is 1. The number of aromatic nitrogens is 1. The van der Waals surface area contributed by atoms with Gasteiger partial charge in [-0.2, -0.15) is 13.2 Å². The third kappa shape index (κ3) is 3.98. The van der Waals surface area contributed by atoms with Gasteiger partial charge in [0.15, 0.2) is 5.78 Å². The fourth-order valence-electron chi connectivity index (χ4n) is 6.44. The number of nitrogens with zero attached hydrogens (tertiary/aromatic N) is 1. The molecule has 2 aromatic rings. The van der Waals surface area contributed by atoms with Crippen LogP contribution in [0.3, 0.4) is 0 Å². The normalized spacial score (nSPS) is 22.1. The number of carbonyl (C=O) groups is 1. The van der Waals surface area contributed by atoms with Crippen molar-refractivity contribution in [2.45, 2.75) is 95.8 Å². The lowest BCUT2D eigenvalue weighted by Crippen LogP contribution is -2.39. The van der Waals surface area contributed by atoms with Gasteiger partial charge < -0.3 is 5.11 Å². The van der Waals surface area contributed by atoms with E-state index in [4.69, 9.17) is 4.98 Å². The van der Waals surface area contributed by atoms with Gasteiger partial charge >= 0.3 is 6.18 Å². The molecular formula is C28H32F3NO2. The zero-order chi connectivity index (χ0) is 24.3. The summed E-state index contributed by atoms with van der Waals surface area (Å²) in [7, 11) is 0. The number of halogens is 3. The van der Waals surface area contributed by atoms with Crippen LogP contribution in [0.4, 0.5) is 13.2 Å². The molecule has 34 heavy (non-hydrogen) atoms. The van der Waals surface area contributed by atoms with Gasteiger partial charge in [-0.05, 0) is 73.5 Å². The van der Waals surface area contributed by atoms with Crippen LogP contribution in [0.5, 0.6) is 0 Å². The zero-order valence-corrected chi connectivity index (χ0v) is 19.8. The third-order valence-electron chi connectivity index (χ3n) is 8.31. The summed E-state index contributed by atoms with van der Waals surface area (Å²) in [5.41, 5.74) is 3.53. The van der Waals surface area contributed by atoms with Crippen LogP contribution in [0.2, 0.25) is 0 Å². The second-order valence-corrected chi connectivity index (χ2v) is 10.9. The van der Waals surface area contributed by atoms with Gasteiger partial charge in [0, 0.05) is 22.4 Å². The molecule has 3 aliphatic carbocycles. The Labute approximate surface area is 198 Å². The first-order chi connectivity index (χ1) is 16.1. The second kappa shape index (κ2) is 8.47. The topological polar surface area (TPSA) is 50.2 Å². The SMILES string of the molecule is CC(C)c1nc2c(c(C3CCCC3)c1C(=O)c1ccc(C(F)(F)F)cc1)C(O)CC1(CCC1)C2. The molecule has 2 saturated carbocycles. The van der Waals surface area contributed by atoms with Gasteiger partial charge in [-0.15, -0.1) is 0 Å². The first-order valence-electron chi connectivity index (χ1n) is 12.6. The van der Waals surface area contributed by atoms with Crippen molar-refractivity contribution in [3.05, 3.63) is 63.5 Å². The van der Waals surface area contributed by atoms with E-state index in [9.17, 15) is 23.1 Å². The van der Waals surface area contributed by atoms with E-state index in [1.54, 1.807) is 0 Å². The van der Waals surface area contributed by atoms with Crippen molar-refractivity contribution in [2.75, 3.05) is 0 Å². The van der Waals surface area contributed by atoms with Gasteiger partial charge in [-0.25, -0.2) is 0 Å². The van der Waals surface area contributed by atoms with Crippen molar-refractivity contribution < 1.29 is 23.1 Å². The molecule has 1 aromatic heterocycles. The molecule has 0 aliphatic heterocycles. The molecule has 0 radical (unpaired) electrons. The van der Waals surface area contributed by atoms with E-state index in [1.165, 1.54) is 18.6 Å². The molecule has 1 atom stereocenters. The third-order valence-corrected chi connectivity index (χ3v) is 8.31. The fourth-order valence-corrected chi connectivity index (χ4v) is 6.44. The molecule has 182 valence electrons. The molecular weight excluding hydrogens is 439 g/mol. The summed E-state index contributed by atoms with van der Waals surface area (Å²) < 4.78 is 39.3. The van der Waals surface area contributed by atoms with Gasteiger partial charge in [0.05, 0.1) is 17.4 Å². The minimum absolute atomic E-state index is 0.0183. The number of aliphatic hydroxyl groups excluding tert-OH is 1. The lowest BCUT2D eigenvalue weighted by Gasteiger charge is -2.47. The Morgan fingerprint density at radius 3 is 2.24 bits per heavy atom. The lowest BCUT2D eigenvalue weighted by atomic mass is 9.59. The van der Waals surface area contributed by atoms with Gasteiger partial charge in [0.1, 0.15) is 0 Å². The number of ketones is 1. The number of aliphatic hydroxyl groups is 1. The second-order valence-electron chi connectivity index (χ2n) is 10.9. The van der Waals surface area contributed by atoms with E-state index >= 15 is 0 Å². The van der Waals surface area contributed by atoms with Crippen molar-refractivity contribution in [1.29, 1.82) is 0 Å². The Kier molecular flexibility index (Phi) is 5.86. The minimum Gasteiger partial charge on any atom is -0.388 e. The lowest BCUT2D eigenvalue weighted by molar-refractivity contribution is -0.137. The van der Waals surface area contributed by atoms with Crippen LogP contribution in [0, 0.1) is 5.41 Å². The van der Waals surface area contributed by atoms with Crippen LogP contribution in [0.25, 0.3) is 0 Å². The summed E-state index contributed by atoms with van der Waals surface area (Å²) in [6.45, 7) is 4.02. The monoisotopic (exact) mass is 471 g/mol. The van der Waals surface area contributed by atoms with E-state index in [1.807, 2.05) is 13.8 Å².